The van der Waals surface area contributed by atoms with Crippen molar-refractivity contribution in [3.8, 4) is 0 Å². The highest BCUT2D eigenvalue weighted by atomic mass is 19.4. The molecule has 0 aromatic heterocycles. The second-order valence-corrected chi connectivity index (χ2v) is 4.76. The number of rotatable bonds is 5. The zero-order chi connectivity index (χ0) is 17.3. The van der Waals surface area contributed by atoms with Gasteiger partial charge in [-0.15, -0.1) is 0 Å². The van der Waals surface area contributed by atoms with Crippen LogP contribution >= 0.6 is 0 Å². The third-order valence-electron chi connectivity index (χ3n) is 2.89. The van der Waals surface area contributed by atoms with E-state index in [1.54, 1.807) is 0 Å². The maximum atomic E-state index is 13.3. The number of alkyl halides is 10. The molecule has 0 aromatic rings. The highest BCUT2D eigenvalue weighted by Crippen LogP contribution is 2.52. The van der Waals surface area contributed by atoms with E-state index in [1.165, 1.54) is 0 Å². The molecule has 2 atom stereocenters. The van der Waals surface area contributed by atoms with E-state index >= 15 is 0 Å². The number of halogens is 10. The van der Waals surface area contributed by atoms with Gasteiger partial charge in [0.1, 0.15) is 0 Å². The molecule has 0 spiro atoms. The Bertz CT molecular complexity index is 314. The first-order valence-electron chi connectivity index (χ1n) is 5.56. The zero-order valence-corrected chi connectivity index (χ0v) is 10.5. The maximum absolute atomic E-state index is 13.3. The van der Waals surface area contributed by atoms with Gasteiger partial charge in [0.2, 0.25) is 0 Å². The Morgan fingerprint density at radius 1 is 0.810 bits per heavy atom. The molecule has 1 N–H and O–H groups in total. The molecule has 0 aliphatic carbocycles. The highest BCUT2D eigenvalue weighted by Gasteiger charge is 2.73. The Morgan fingerprint density at radius 2 is 1.19 bits per heavy atom. The summed E-state index contributed by atoms with van der Waals surface area (Å²) in [5.74, 6) is -4.42. The largest absolute Gasteiger partial charge is 0.431 e. The second-order valence-electron chi connectivity index (χ2n) is 4.76. The average molecular weight is 338 g/mol. The van der Waals surface area contributed by atoms with E-state index in [0.29, 0.717) is 0 Å². The van der Waals surface area contributed by atoms with Crippen molar-refractivity contribution < 1.29 is 49.0 Å². The van der Waals surface area contributed by atoms with E-state index in [-0.39, 0.29) is 0 Å². The summed E-state index contributed by atoms with van der Waals surface area (Å²) in [5.41, 5.74) is -5.96. The van der Waals surface area contributed by atoms with Gasteiger partial charge < -0.3 is 5.11 Å². The van der Waals surface area contributed by atoms with Crippen LogP contribution in [0.5, 0.6) is 0 Å². The minimum atomic E-state index is -6.53. The summed E-state index contributed by atoms with van der Waals surface area (Å²) in [6.07, 6.45) is -22.6. The van der Waals surface area contributed by atoms with Crippen LogP contribution in [0.1, 0.15) is 19.8 Å². The van der Waals surface area contributed by atoms with E-state index in [1.807, 2.05) is 0 Å². The molecule has 0 bridgehead atoms. The van der Waals surface area contributed by atoms with Crippen LogP contribution in [-0.2, 0) is 0 Å². The standard InChI is InChI=1S/C10H12F10O/c1-5(4-21)2-6(8(12,13)14)3-7(11,9(15,16)17)10(18,19)20/h5-6,21H,2-4H2,1H3. The number of hydrogen-bond acceptors (Lipinski definition) is 1. The normalized spacial score (nSPS) is 17.7. The summed E-state index contributed by atoms with van der Waals surface area (Å²) in [5, 5.41) is 8.56. The molecular weight excluding hydrogens is 326 g/mol. The molecule has 0 aliphatic heterocycles. The monoisotopic (exact) mass is 338 g/mol. The fraction of sp³-hybridized carbons (Fsp3) is 1.00. The maximum Gasteiger partial charge on any atom is 0.431 e. The molecule has 0 amide bonds. The SMILES string of the molecule is CC(CO)CC(CC(F)(C(F)(F)F)C(F)(F)F)C(F)(F)F. The van der Waals surface area contributed by atoms with E-state index < -0.39 is 55.5 Å². The molecule has 0 saturated carbocycles. The van der Waals surface area contributed by atoms with Crippen molar-refractivity contribution >= 4 is 0 Å². The van der Waals surface area contributed by atoms with Crippen molar-refractivity contribution in [3.05, 3.63) is 0 Å². The lowest BCUT2D eigenvalue weighted by atomic mass is 9.84. The van der Waals surface area contributed by atoms with E-state index in [9.17, 15) is 43.9 Å². The fourth-order valence-electron chi connectivity index (χ4n) is 1.62. The Hall–Kier alpha value is -0.740. The van der Waals surface area contributed by atoms with Crippen molar-refractivity contribution in [2.24, 2.45) is 11.8 Å². The fourth-order valence-corrected chi connectivity index (χ4v) is 1.62. The van der Waals surface area contributed by atoms with Crippen LogP contribution in [0, 0.1) is 11.8 Å². The molecule has 0 fully saturated rings. The van der Waals surface area contributed by atoms with Gasteiger partial charge >= 0.3 is 18.5 Å². The third-order valence-corrected chi connectivity index (χ3v) is 2.89. The van der Waals surface area contributed by atoms with Crippen LogP contribution in [-0.4, -0.2) is 35.9 Å². The lowest BCUT2D eigenvalue weighted by Crippen LogP contribution is -2.55. The molecular formula is C10H12F10O. The summed E-state index contributed by atoms with van der Waals surface area (Å²) >= 11 is 0. The summed E-state index contributed by atoms with van der Waals surface area (Å²) in [7, 11) is 0. The van der Waals surface area contributed by atoms with Gasteiger partial charge in [-0.3, -0.25) is 0 Å². The van der Waals surface area contributed by atoms with Crippen molar-refractivity contribution in [2.75, 3.05) is 6.61 Å². The lowest BCUT2D eigenvalue weighted by Gasteiger charge is -2.34. The number of hydrogen-bond donors (Lipinski definition) is 1. The Kier molecular flexibility index (Phi) is 5.95. The van der Waals surface area contributed by atoms with Gasteiger partial charge in [-0.05, 0) is 12.3 Å². The van der Waals surface area contributed by atoms with Gasteiger partial charge in [0, 0.05) is 13.0 Å². The molecule has 2 unspecified atom stereocenters. The molecule has 0 aromatic carbocycles. The topological polar surface area (TPSA) is 20.2 Å². The summed E-state index contributed by atoms with van der Waals surface area (Å²) in [4.78, 5) is 0. The van der Waals surface area contributed by atoms with Crippen molar-refractivity contribution in [3.63, 3.8) is 0 Å². The third kappa shape index (κ3) is 4.89. The van der Waals surface area contributed by atoms with Crippen LogP contribution in [0.15, 0.2) is 0 Å². The summed E-state index contributed by atoms with van der Waals surface area (Å²) in [6.45, 7) is 0.101. The van der Waals surface area contributed by atoms with Gasteiger partial charge in [0.25, 0.3) is 5.67 Å². The van der Waals surface area contributed by atoms with Crippen molar-refractivity contribution in [2.45, 2.75) is 44.0 Å². The van der Waals surface area contributed by atoms with Gasteiger partial charge in [0.15, 0.2) is 0 Å². The number of aliphatic hydroxyl groups excluding tert-OH is 1. The molecule has 0 radical (unpaired) electrons. The van der Waals surface area contributed by atoms with E-state index in [2.05, 4.69) is 0 Å². The second kappa shape index (κ2) is 6.17. The molecule has 0 saturated heterocycles. The van der Waals surface area contributed by atoms with Gasteiger partial charge in [0.05, 0.1) is 5.92 Å². The molecule has 21 heavy (non-hydrogen) atoms. The zero-order valence-electron chi connectivity index (χ0n) is 10.5. The predicted octanol–water partition coefficient (Wildman–Crippen LogP) is 4.41. The molecule has 128 valence electrons. The van der Waals surface area contributed by atoms with E-state index in [4.69, 9.17) is 5.11 Å². The highest BCUT2D eigenvalue weighted by molar-refractivity contribution is 4.97. The van der Waals surface area contributed by atoms with Gasteiger partial charge in [-0.25, -0.2) is 4.39 Å². The molecule has 0 rings (SSSR count). The van der Waals surface area contributed by atoms with E-state index in [0.717, 1.165) is 6.92 Å². The number of aliphatic hydroxyl groups is 1. The Morgan fingerprint density at radius 3 is 1.43 bits per heavy atom. The van der Waals surface area contributed by atoms with Gasteiger partial charge in [-0.2, -0.15) is 39.5 Å². The molecule has 0 heterocycles. The molecule has 0 aliphatic rings. The average Bonchev–Trinajstić information content (AvgIpc) is 2.23. The van der Waals surface area contributed by atoms with Crippen LogP contribution in [0.25, 0.3) is 0 Å². The molecule has 11 heteroatoms. The quantitative estimate of drug-likeness (QED) is 0.737. The first-order valence-corrected chi connectivity index (χ1v) is 5.56. The predicted molar refractivity (Wildman–Crippen MR) is 51.0 cm³/mol. The van der Waals surface area contributed by atoms with Crippen LogP contribution in [0.3, 0.4) is 0 Å². The van der Waals surface area contributed by atoms with Crippen molar-refractivity contribution in [1.82, 2.24) is 0 Å². The molecule has 1 nitrogen and oxygen atoms in total. The summed E-state index contributed by atoms with van der Waals surface area (Å²) in [6, 6.07) is 0. The minimum Gasteiger partial charge on any atom is -0.396 e. The minimum absolute atomic E-state index is 0.885. The summed E-state index contributed by atoms with van der Waals surface area (Å²) < 4.78 is 124. The van der Waals surface area contributed by atoms with Crippen LogP contribution < -0.4 is 0 Å². The first-order chi connectivity index (χ1) is 9.06. The first kappa shape index (κ1) is 20.3. The Balaban J connectivity index is 5.54. The lowest BCUT2D eigenvalue weighted by molar-refractivity contribution is -0.352. The van der Waals surface area contributed by atoms with Crippen LogP contribution in [0.4, 0.5) is 43.9 Å². The van der Waals surface area contributed by atoms with Gasteiger partial charge in [-0.1, -0.05) is 6.92 Å². The van der Waals surface area contributed by atoms with Crippen LogP contribution in [0.2, 0.25) is 0 Å². The smallest absolute Gasteiger partial charge is 0.396 e. The van der Waals surface area contributed by atoms with Crippen molar-refractivity contribution in [1.29, 1.82) is 0 Å². The Labute approximate surface area is 112 Å².